The van der Waals surface area contributed by atoms with E-state index < -0.39 is 0 Å². The number of piperazine rings is 1. The normalized spacial score (nSPS) is 20.9. The standard InChI is InChI=1S/C14H21N5O2/c15-13-6-5-12(19(20)21)14(16-13)18-9-7-17(8-10-18)11-3-1-2-4-11/h5-6,11H,1-4,7-10H2,(H2,15,16). The van der Waals surface area contributed by atoms with Gasteiger partial charge in [0, 0.05) is 38.3 Å². The first-order valence-electron chi connectivity index (χ1n) is 7.55. The molecule has 1 aromatic heterocycles. The summed E-state index contributed by atoms with van der Waals surface area (Å²) in [6.07, 6.45) is 5.23. The minimum Gasteiger partial charge on any atom is -0.384 e. The second kappa shape index (κ2) is 5.85. The Labute approximate surface area is 123 Å². The van der Waals surface area contributed by atoms with Crippen LogP contribution < -0.4 is 10.6 Å². The Hall–Kier alpha value is -1.89. The lowest BCUT2D eigenvalue weighted by Gasteiger charge is -2.38. The van der Waals surface area contributed by atoms with Crippen molar-refractivity contribution in [3.8, 4) is 0 Å². The second-order valence-corrected chi connectivity index (χ2v) is 5.80. The fraction of sp³-hybridized carbons (Fsp3) is 0.643. The van der Waals surface area contributed by atoms with Gasteiger partial charge < -0.3 is 10.6 Å². The third-order valence-electron chi connectivity index (χ3n) is 4.53. The van der Waals surface area contributed by atoms with Gasteiger partial charge >= 0.3 is 5.69 Å². The van der Waals surface area contributed by atoms with Crippen molar-refractivity contribution in [3.05, 3.63) is 22.2 Å². The van der Waals surface area contributed by atoms with Crippen molar-refractivity contribution in [2.24, 2.45) is 0 Å². The predicted octanol–water partition coefficient (Wildman–Crippen LogP) is 1.64. The summed E-state index contributed by atoms with van der Waals surface area (Å²) in [4.78, 5) is 19.4. The van der Waals surface area contributed by atoms with Gasteiger partial charge in [0.05, 0.1) is 4.92 Å². The molecule has 21 heavy (non-hydrogen) atoms. The van der Waals surface area contributed by atoms with Crippen LogP contribution in [0.4, 0.5) is 17.3 Å². The van der Waals surface area contributed by atoms with E-state index in [0.717, 1.165) is 26.2 Å². The fourth-order valence-corrected chi connectivity index (χ4v) is 3.40. The molecule has 1 aliphatic heterocycles. The monoisotopic (exact) mass is 291 g/mol. The van der Waals surface area contributed by atoms with E-state index in [1.165, 1.54) is 37.8 Å². The molecule has 0 bridgehead atoms. The van der Waals surface area contributed by atoms with Crippen LogP contribution >= 0.6 is 0 Å². The number of rotatable bonds is 3. The van der Waals surface area contributed by atoms with E-state index in [2.05, 4.69) is 9.88 Å². The molecule has 3 rings (SSSR count). The Morgan fingerprint density at radius 3 is 2.48 bits per heavy atom. The van der Waals surface area contributed by atoms with Crippen LogP contribution in [0.15, 0.2) is 12.1 Å². The highest BCUT2D eigenvalue weighted by Crippen LogP contribution is 2.29. The molecule has 1 saturated heterocycles. The van der Waals surface area contributed by atoms with Gasteiger partial charge in [-0.1, -0.05) is 12.8 Å². The summed E-state index contributed by atoms with van der Waals surface area (Å²) in [5.41, 5.74) is 5.73. The summed E-state index contributed by atoms with van der Waals surface area (Å²) < 4.78 is 0. The van der Waals surface area contributed by atoms with Gasteiger partial charge in [-0.15, -0.1) is 0 Å². The first-order chi connectivity index (χ1) is 10.1. The van der Waals surface area contributed by atoms with Crippen molar-refractivity contribution in [1.29, 1.82) is 0 Å². The molecule has 0 atom stereocenters. The van der Waals surface area contributed by atoms with Gasteiger partial charge in [-0.05, 0) is 18.9 Å². The molecule has 1 aromatic rings. The first kappa shape index (κ1) is 14.1. The van der Waals surface area contributed by atoms with Gasteiger partial charge in [-0.2, -0.15) is 0 Å². The van der Waals surface area contributed by atoms with Crippen molar-refractivity contribution in [2.75, 3.05) is 36.8 Å². The Morgan fingerprint density at radius 1 is 1.19 bits per heavy atom. The number of aromatic nitrogens is 1. The van der Waals surface area contributed by atoms with Gasteiger partial charge in [0.25, 0.3) is 0 Å². The average molecular weight is 291 g/mol. The molecule has 7 nitrogen and oxygen atoms in total. The number of anilines is 2. The number of pyridine rings is 1. The highest BCUT2D eigenvalue weighted by molar-refractivity contribution is 5.61. The molecule has 0 spiro atoms. The molecular formula is C14H21N5O2. The highest BCUT2D eigenvalue weighted by atomic mass is 16.6. The van der Waals surface area contributed by atoms with E-state index >= 15 is 0 Å². The van der Waals surface area contributed by atoms with Gasteiger partial charge in [-0.25, -0.2) is 4.98 Å². The second-order valence-electron chi connectivity index (χ2n) is 5.80. The van der Waals surface area contributed by atoms with Crippen molar-refractivity contribution in [3.63, 3.8) is 0 Å². The van der Waals surface area contributed by atoms with Crippen LogP contribution in [-0.2, 0) is 0 Å². The van der Waals surface area contributed by atoms with Crippen LogP contribution in [0.5, 0.6) is 0 Å². The molecule has 2 aliphatic rings. The molecule has 0 radical (unpaired) electrons. The van der Waals surface area contributed by atoms with Crippen molar-refractivity contribution < 1.29 is 4.92 Å². The van der Waals surface area contributed by atoms with Crippen LogP contribution in [0.25, 0.3) is 0 Å². The number of nitrogens with two attached hydrogens (primary N) is 1. The summed E-state index contributed by atoms with van der Waals surface area (Å²) in [6, 6.07) is 3.63. The van der Waals surface area contributed by atoms with Gasteiger partial charge in [0.2, 0.25) is 5.82 Å². The van der Waals surface area contributed by atoms with E-state index in [0.29, 0.717) is 17.7 Å². The predicted molar refractivity (Wildman–Crippen MR) is 81.3 cm³/mol. The first-order valence-corrected chi connectivity index (χ1v) is 7.55. The lowest BCUT2D eigenvalue weighted by molar-refractivity contribution is -0.384. The quantitative estimate of drug-likeness (QED) is 0.672. The third-order valence-corrected chi connectivity index (χ3v) is 4.53. The van der Waals surface area contributed by atoms with E-state index in [-0.39, 0.29) is 10.6 Å². The zero-order valence-electron chi connectivity index (χ0n) is 12.1. The van der Waals surface area contributed by atoms with E-state index in [9.17, 15) is 10.1 Å². The molecule has 114 valence electrons. The topological polar surface area (TPSA) is 88.5 Å². The Kier molecular flexibility index (Phi) is 3.92. The smallest absolute Gasteiger partial charge is 0.311 e. The summed E-state index contributed by atoms with van der Waals surface area (Å²) in [5.74, 6) is 0.736. The summed E-state index contributed by atoms with van der Waals surface area (Å²) in [5, 5.41) is 11.1. The minimum atomic E-state index is -0.384. The maximum absolute atomic E-state index is 11.1. The summed E-state index contributed by atoms with van der Waals surface area (Å²) >= 11 is 0. The van der Waals surface area contributed by atoms with Gasteiger partial charge in [0.1, 0.15) is 5.82 Å². The summed E-state index contributed by atoms with van der Waals surface area (Å²) in [6.45, 7) is 3.43. The molecule has 0 amide bonds. The Morgan fingerprint density at radius 2 is 1.86 bits per heavy atom. The van der Waals surface area contributed by atoms with Crippen molar-refractivity contribution >= 4 is 17.3 Å². The average Bonchev–Trinajstić information content (AvgIpc) is 3.01. The van der Waals surface area contributed by atoms with E-state index in [1.54, 1.807) is 0 Å². The number of hydrogen-bond donors (Lipinski definition) is 1. The lowest BCUT2D eigenvalue weighted by Crippen LogP contribution is -2.50. The fourth-order valence-electron chi connectivity index (χ4n) is 3.40. The highest BCUT2D eigenvalue weighted by Gasteiger charge is 2.29. The third kappa shape index (κ3) is 2.92. The van der Waals surface area contributed by atoms with Crippen LogP contribution in [0, 0.1) is 10.1 Å². The molecule has 1 aliphatic carbocycles. The number of nitrogen functional groups attached to an aromatic ring is 1. The lowest BCUT2D eigenvalue weighted by atomic mass is 10.2. The molecule has 0 aromatic carbocycles. The maximum atomic E-state index is 11.1. The van der Waals surface area contributed by atoms with Crippen LogP contribution in [0.3, 0.4) is 0 Å². The molecule has 7 heteroatoms. The maximum Gasteiger partial charge on any atom is 0.311 e. The van der Waals surface area contributed by atoms with Gasteiger partial charge in [-0.3, -0.25) is 15.0 Å². The number of hydrogen-bond acceptors (Lipinski definition) is 6. The molecular weight excluding hydrogens is 270 g/mol. The molecule has 1 saturated carbocycles. The largest absolute Gasteiger partial charge is 0.384 e. The van der Waals surface area contributed by atoms with Crippen LogP contribution in [0.2, 0.25) is 0 Å². The number of nitro groups is 1. The molecule has 2 N–H and O–H groups in total. The zero-order valence-corrected chi connectivity index (χ0v) is 12.1. The van der Waals surface area contributed by atoms with Crippen molar-refractivity contribution in [1.82, 2.24) is 9.88 Å². The SMILES string of the molecule is Nc1ccc([N+](=O)[O-])c(N2CCN(C3CCCC3)CC2)n1. The van der Waals surface area contributed by atoms with E-state index in [4.69, 9.17) is 5.73 Å². The van der Waals surface area contributed by atoms with Crippen LogP contribution in [0.1, 0.15) is 25.7 Å². The zero-order chi connectivity index (χ0) is 14.8. The minimum absolute atomic E-state index is 0.0403. The molecule has 2 heterocycles. The van der Waals surface area contributed by atoms with E-state index in [1.807, 2.05) is 4.90 Å². The van der Waals surface area contributed by atoms with Gasteiger partial charge in [0.15, 0.2) is 0 Å². The summed E-state index contributed by atoms with van der Waals surface area (Å²) in [7, 11) is 0. The Balaban J connectivity index is 1.71. The molecule has 0 unspecified atom stereocenters. The van der Waals surface area contributed by atoms with Crippen molar-refractivity contribution in [2.45, 2.75) is 31.7 Å². The number of nitrogens with zero attached hydrogens (tertiary/aromatic N) is 4. The molecule has 2 fully saturated rings. The Bertz CT molecular complexity index is 522. The van der Waals surface area contributed by atoms with Crippen LogP contribution in [-0.4, -0.2) is 47.0 Å².